The van der Waals surface area contributed by atoms with E-state index in [0.717, 1.165) is 102 Å². The summed E-state index contributed by atoms with van der Waals surface area (Å²) in [5.74, 6) is 0.156. The van der Waals surface area contributed by atoms with E-state index >= 15 is 0 Å². The van der Waals surface area contributed by atoms with Crippen LogP contribution in [0.15, 0.2) is 0 Å². The quantitative estimate of drug-likeness (QED) is 0.0222. The van der Waals surface area contributed by atoms with Crippen LogP contribution in [0.5, 0.6) is 0 Å². The van der Waals surface area contributed by atoms with Gasteiger partial charge in [-0.2, -0.15) is 0 Å². The number of aliphatic hydroxyl groups excluding tert-OH is 1. The minimum atomic E-state index is -4.95. The van der Waals surface area contributed by atoms with Crippen molar-refractivity contribution >= 4 is 39.5 Å². The van der Waals surface area contributed by atoms with Crippen LogP contribution in [0, 0.1) is 17.8 Å². The van der Waals surface area contributed by atoms with Crippen LogP contribution in [0.2, 0.25) is 0 Å². The lowest BCUT2D eigenvalue weighted by atomic mass is 9.99. The van der Waals surface area contributed by atoms with Crippen molar-refractivity contribution in [3.63, 3.8) is 0 Å². The van der Waals surface area contributed by atoms with Gasteiger partial charge in [-0.3, -0.25) is 37.3 Å². The summed E-state index contributed by atoms with van der Waals surface area (Å²) >= 11 is 0. The molecule has 6 atom stereocenters. The van der Waals surface area contributed by atoms with Crippen molar-refractivity contribution in [2.45, 2.75) is 375 Å². The minimum absolute atomic E-state index is 0.102. The molecule has 0 radical (unpaired) electrons. The molecule has 0 saturated heterocycles. The SMILES string of the molecule is CCCCCCCCCCCC(=O)OC[C@H](COP(=O)(O)OC[C@H](O)COP(=O)(O)OC[C@@H](COC(=O)CCCCCCCCCCCCCC(C)C)OC(=O)CCCCCCCCCCCCCCCCC(C)CC)OC(=O)CCCCCCCCC(C)C. The van der Waals surface area contributed by atoms with Gasteiger partial charge in [-0.1, -0.05) is 305 Å². The van der Waals surface area contributed by atoms with Gasteiger partial charge in [-0.15, -0.1) is 0 Å². The van der Waals surface area contributed by atoms with Gasteiger partial charge < -0.3 is 33.8 Å². The third-order valence-corrected chi connectivity index (χ3v) is 18.6. The molecule has 0 heterocycles. The maximum Gasteiger partial charge on any atom is 0.472 e. The molecule has 3 unspecified atom stereocenters. The van der Waals surface area contributed by atoms with E-state index in [1.807, 2.05) is 0 Å². The lowest BCUT2D eigenvalue weighted by Crippen LogP contribution is -2.30. The Bertz CT molecular complexity index is 1770. The van der Waals surface area contributed by atoms with Crippen LogP contribution < -0.4 is 0 Å². The van der Waals surface area contributed by atoms with Crippen LogP contribution in [0.25, 0.3) is 0 Å². The molecule has 0 saturated carbocycles. The average Bonchev–Trinajstić information content (AvgIpc) is 3.61. The van der Waals surface area contributed by atoms with Gasteiger partial charge in [0, 0.05) is 25.7 Å². The molecule has 17 nitrogen and oxygen atoms in total. The predicted octanol–water partition coefficient (Wildman–Crippen LogP) is 20.2. The van der Waals surface area contributed by atoms with E-state index in [0.29, 0.717) is 31.6 Å². The molecule has 90 heavy (non-hydrogen) atoms. The van der Waals surface area contributed by atoms with E-state index in [1.165, 1.54) is 167 Å². The molecule has 534 valence electrons. The van der Waals surface area contributed by atoms with Crippen molar-refractivity contribution in [1.82, 2.24) is 0 Å². The van der Waals surface area contributed by atoms with E-state index in [4.69, 9.17) is 37.0 Å². The van der Waals surface area contributed by atoms with E-state index < -0.39 is 97.5 Å². The number of rotatable bonds is 69. The highest BCUT2D eigenvalue weighted by atomic mass is 31.2. The molecule has 0 aromatic carbocycles. The lowest BCUT2D eigenvalue weighted by molar-refractivity contribution is -0.161. The first-order valence-electron chi connectivity index (χ1n) is 36.9. The molecule has 0 aliphatic heterocycles. The van der Waals surface area contributed by atoms with Gasteiger partial charge in [0.1, 0.15) is 19.3 Å². The number of aliphatic hydroxyl groups is 1. The highest BCUT2D eigenvalue weighted by molar-refractivity contribution is 7.47. The summed E-state index contributed by atoms with van der Waals surface area (Å²) in [4.78, 5) is 72.5. The number of carbonyl (C=O) groups is 4. The van der Waals surface area contributed by atoms with Gasteiger partial charge in [0.15, 0.2) is 12.2 Å². The highest BCUT2D eigenvalue weighted by Gasteiger charge is 2.30. The number of hydrogen-bond donors (Lipinski definition) is 3. The van der Waals surface area contributed by atoms with Crippen LogP contribution in [0.4, 0.5) is 0 Å². The van der Waals surface area contributed by atoms with Crippen LogP contribution in [0.1, 0.15) is 357 Å². The number of esters is 4. The van der Waals surface area contributed by atoms with Crippen molar-refractivity contribution in [3.05, 3.63) is 0 Å². The number of phosphoric acid groups is 2. The molecule has 0 rings (SSSR count). The first kappa shape index (κ1) is 88.1. The third-order valence-electron chi connectivity index (χ3n) is 16.7. The number of unbranched alkanes of at least 4 members (excludes halogenated alkanes) is 36. The monoisotopic (exact) mass is 1320 g/mol. The summed E-state index contributed by atoms with van der Waals surface area (Å²) in [7, 11) is -9.90. The maximum atomic E-state index is 13.0. The summed E-state index contributed by atoms with van der Waals surface area (Å²) in [5.41, 5.74) is 0. The number of hydrogen-bond acceptors (Lipinski definition) is 15. The zero-order valence-corrected chi connectivity index (χ0v) is 60.4. The van der Waals surface area contributed by atoms with E-state index in [1.54, 1.807) is 0 Å². The molecule has 0 aromatic rings. The first-order valence-corrected chi connectivity index (χ1v) is 39.9. The van der Waals surface area contributed by atoms with E-state index in [2.05, 4.69) is 48.5 Å². The highest BCUT2D eigenvalue weighted by Crippen LogP contribution is 2.45. The Balaban J connectivity index is 5.21. The standard InChI is InChI=1S/C71H138O17P2/c1-8-10-11-12-13-23-30-38-45-52-68(73)81-59-67(88-71(76)55-48-41-34-33-36-43-50-63(5)6)61-86-90(79,80)84-57-65(72)56-83-89(77,78)85-60-66(58-82-69(74)53-46-39-31-26-22-18-19-24-28-35-42-49-62(3)4)87-70(75)54-47-40-32-27-21-17-15-14-16-20-25-29-37-44-51-64(7)9-2/h62-67,72H,8-61H2,1-7H3,(H,77,78)(H,79,80)/t64?,65-,66-,67-/m1/s1. The second-order valence-electron chi connectivity index (χ2n) is 26.8. The number of ether oxygens (including phenoxy) is 4. The Morgan fingerprint density at radius 2 is 0.567 bits per heavy atom. The van der Waals surface area contributed by atoms with Crippen LogP contribution in [-0.2, 0) is 65.4 Å². The zero-order chi connectivity index (χ0) is 66.6. The average molecular weight is 1330 g/mol. The van der Waals surface area contributed by atoms with Crippen LogP contribution >= 0.6 is 15.6 Å². The first-order chi connectivity index (χ1) is 43.3. The van der Waals surface area contributed by atoms with Crippen molar-refractivity contribution in [2.24, 2.45) is 17.8 Å². The summed E-state index contributed by atoms with van der Waals surface area (Å²) in [6.07, 6.45) is 45.9. The zero-order valence-electron chi connectivity index (χ0n) is 58.6. The van der Waals surface area contributed by atoms with Gasteiger partial charge in [-0.25, -0.2) is 9.13 Å². The van der Waals surface area contributed by atoms with Crippen molar-refractivity contribution in [3.8, 4) is 0 Å². The molecule has 0 aliphatic carbocycles. The molecule has 19 heteroatoms. The molecule has 0 fully saturated rings. The largest absolute Gasteiger partial charge is 0.472 e. The van der Waals surface area contributed by atoms with Crippen LogP contribution in [-0.4, -0.2) is 96.7 Å². The van der Waals surface area contributed by atoms with Crippen molar-refractivity contribution in [2.75, 3.05) is 39.6 Å². The Kier molecular flexibility index (Phi) is 60.6. The van der Waals surface area contributed by atoms with Gasteiger partial charge in [-0.05, 0) is 43.4 Å². The molecular formula is C71H138O17P2. The molecule has 0 amide bonds. The molecule has 3 N–H and O–H groups in total. The minimum Gasteiger partial charge on any atom is -0.462 e. The van der Waals surface area contributed by atoms with Gasteiger partial charge in [0.25, 0.3) is 0 Å². The summed E-state index contributed by atoms with van der Waals surface area (Å²) in [6.45, 7) is 11.8. The smallest absolute Gasteiger partial charge is 0.462 e. The van der Waals surface area contributed by atoms with Gasteiger partial charge in [0.2, 0.25) is 0 Å². The van der Waals surface area contributed by atoms with Gasteiger partial charge >= 0.3 is 39.5 Å². The second kappa shape index (κ2) is 61.9. The fraction of sp³-hybridized carbons (Fsp3) is 0.944. The Labute approximate surface area is 549 Å². The van der Waals surface area contributed by atoms with Crippen LogP contribution in [0.3, 0.4) is 0 Å². The molecule has 0 aliphatic rings. The summed E-state index contributed by atoms with van der Waals surface area (Å²) in [6, 6.07) is 0. The lowest BCUT2D eigenvalue weighted by Gasteiger charge is -2.21. The predicted molar refractivity (Wildman–Crippen MR) is 363 cm³/mol. The maximum absolute atomic E-state index is 13.0. The van der Waals surface area contributed by atoms with Crippen molar-refractivity contribution < 1.29 is 80.2 Å². The topological polar surface area (TPSA) is 237 Å². The molecule has 0 bridgehead atoms. The summed E-state index contributed by atoms with van der Waals surface area (Å²) < 4.78 is 68.2. The van der Waals surface area contributed by atoms with Crippen molar-refractivity contribution in [1.29, 1.82) is 0 Å². The normalized spacial score (nSPS) is 14.5. The molecule has 0 aromatic heterocycles. The Morgan fingerprint density at radius 1 is 0.322 bits per heavy atom. The van der Waals surface area contributed by atoms with E-state index in [-0.39, 0.29) is 25.7 Å². The summed E-state index contributed by atoms with van der Waals surface area (Å²) in [5, 5.41) is 10.6. The Morgan fingerprint density at radius 3 is 0.844 bits per heavy atom. The van der Waals surface area contributed by atoms with Gasteiger partial charge in [0.05, 0.1) is 26.4 Å². The molecule has 0 spiro atoms. The fourth-order valence-electron chi connectivity index (χ4n) is 10.7. The fourth-order valence-corrected chi connectivity index (χ4v) is 12.3. The van der Waals surface area contributed by atoms with E-state index in [9.17, 15) is 43.2 Å². The Hall–Kier alpha value is -1.94. The molecular weight excluding hydrogens is 1190 g/mol. The second-order valence-corrected chi connectivity index (χ2v) is 29.7. The number of carbonyl (C=O) groups excluding carboxylic acids is 4. The number of phosphoric ester groups is 2. The third kappa shape index (κ3) is 63.5.